The Bertz CT molecular complexity index is 1330. The lowest BCUT2D eigenvalue weighted by Crippen LogP contribution is -2.39. The third-order valence-electron chi connectivity index (χ3n) is 6.08. The molecule has 0 radical (unpaired) electrons. The molecule has 1 aliphatic rings. The van der Waals surface area contributed by atoms with Crippen molar-refractivity contribution in [3.8, 4) is 0 Å². The molecule has 0 saturated heterocycles. The lowest BCUT2D eigenvalue weighted by molar-refractivity contribution is 0.0935. The average Bonchev–Trinajstić information content (AvgIpc) is 2.78. The van der Waals surface area contributed by atoms with E-state index in [9.17, 15) is 18.0 Å². The van der Waals surface area contributed by atoms with Crippen LogP contribution in [0.4, 0.5) is 0 Å². The molecule has 0 spiro atoms. The van der Waals surface area contributed by atoms with E-state index in [0.717, 1.165) is 19.3 Å². The molecule has 1 aromatic heterocycles. The number of hydrogen-bond acceptors (Lipinski definition) is 4. The van der Waals surface area contributed by atoms with Crippen molar-refractivity contribution >= 4 is 26.8 Å². The molecule has 168 valence electrons. The number of hydrogen-bond donors (Lipinski definition) is 2. The van der Waals surface area contributed by atoms with Gasteiger partial charge in [0.15, 0.2) is 0 Å². The van der Waals surface area contributed by atoms with Crippen LogP contribution in [0, 0.1) is 0 Å². The topological polar surface area (TPSA) is 99.3 Å². The highest BCUT2D eigenvalue weighted by atomic mass is 32.2. The molecule has 0 fully saturated rings. The zero-order valence-electron chi connectivity index (χ0n) is 18.2. The van der Waals surface area contributed by atoms with Crippen LogP contribution in [0.3, 0.4) is 0 Å². The summed E-state index contributed by atoms with van der Waals surface area (Å²) in [5.41, 5.74) is 2.71. The van der Waals surface area contributed by atoms with Crippen molar-refractivity contribution in [1.82, 2.24) is 14.6 Å². The normalized spacial score (nSPS) is 16.2. The Balaban J connectivity index is 1.69. The second-order valence-electron chi connectivity index (χ2n) is 8.03. The number of carbonyl (C=O) groups is 1. The summed E-state index contributed by atoms with van der Waals surface area (Å²) in [5, 5.41) is 3.46. The fourth-order valence-electron chi connectivity index (χ4n) is 4.38. The van der Waals surface area contributed by atoms with Gasteiger partial charge < -0.3 is 10.3 Å². The van der Waals surface area contributed by atoms with Crippen LogP contribution < -0.4 is 10.9 Å². The number of sulfonamides is 1. The van der Waals surface area contributed by atoms with E-state index in [0.29, 0.717) is 24.0 Å². The number of rotatable bonds is 6. The summed E-state index contributed by atoms with van der Waals surface area (Å²) in [6.07, 6.45) is 2.42. The summed E-state index contributed by atoms with van der Waals surface area (Å²) in [7, 11) is -3.70. The number of H-pyrrole nitrogens is 1. The van der Waals surface area contributed by atoms with Gasteiger partial charge >= 0.3 is 0 Å². The number of carbonyl (C=O) groups excluding carboxylic acids is 1. The molecular weight excluding hydrogens is 426 g/mol. The van der Waals surface area contributed by atoms with Crippen LogP contribution in [0.1, 0.15) is 41.8 Å². The predicted molar refractivity (Wildman–Crippen MR) is 124 cm³/mol. The van der Waals surface area contributed by atoms with Gasteiger partial charge in [-0.25, -0.2) is 8.42 Å². The molecule has 3 aromatic rings. The van der Waals surface area contributed by atoms with Gasteiger partial charge in [-0.3, -0.25) is 9.59 Å². The van der Waals surface area contributed by atoms with Gasteiger partial charge in [0.05, 0.1) is 10.5 Å². The van der Waals surface area contributed by atoms with E-state index in [1.165, 1.54) is 33.6 Å². The number of benzene rings is 2. The number of aromatic amines is 1. The van der Waals surface area contributed by atoms with Gasteiger partial charge in [0.25, 0.3) is 5.91 Å². The Morgan fingerprint density at radius 2 is 1.81 bits per heavy atom. The van der Waals surface area contributed by atoms with Crippen LogP contribution in [0.2, 0.25) is 0 Å². The molecular formula is C24H27N3O4S. The molecule has 1 aliphatic carbocycles. The highest BCUT2D eigenvalue weighted by Gasteiger charge is 2.25. The Hall–Kier alpha value is -2.97. The molecule has 2 N–H and O–H groups in total. The maximum atomic E-state index is 13.2. The molecule has 4 rings (SSSR count). The first-order chi connectivity index (χ1) is 15.3. The van der Waals surface area contributed by atoms with E-state index in [2.05, 4.69) is 22.4 Å². The lowest BCUT2D eigenvalue weighted by Gasteiger charge is -2.25. The molecule has 0 saturated carbocycles. The Kier molecular flexibility index (Phi) is 6.17. The fourth-order valence-corrected chi connectivity index (χ4v) is 5.86. The van der Waals surface area contributed by atoms with Crippen LogP contribution >= 0.6 is 0 Å². The van der Waals surface area contributed by atoms with Gasteiger partial charge in [-0.2, -0.15) is 4.31 Å². The third kappa shape index (κ3) is 4.20. The smallest absolute Gasteiger partial charge is 0.252 e. The summed E-state index contributed by atoms with van der Waals surface area (Å²) in [4.78, 5) is 28.2. The van der Waals surface area contributed by atoms with Crippen molar-refractivity contribution in [3.63, 3.8) is 0 Å². The first-order valence-electron chi connectivity index (χ1n) is 10.9. The number of pyridine rings is 1. The zero-order chi connectivity index (χ0) is 22.9. The van der Waals surface area contributed by atoms with Crippen molar-refractivity contribution in [2.75, 3.05) is 13.1 Å². The molecule has 1 atom stereocenters. The van der Waals surface area contributed by atoms with E-state index in [-0.39, 0.29) is 22.4 Å². The Morgan fingerprint density at radius 1 is 1.09 bits per heavy atom. The maximum Gasteiger partial charge on any atom is 0.252 e. The quantitative estimate of drug-likeness (QED) is 0.599. The van der Waals surface area contributed by atoms with Gasteiger partial charge in [0, 0.05) is 36.1 Å². The van der Waals surface area contributed by atoms with Crippen molar-refractivity contribution in [1.29, 1.82) is 0 Å². The number of amides is 1. The van der Waals surface area contributed by atoms with Gasteiger partial charge in [0.2, 0.25) is 15.6 Å². The van der Waals surface area contributed by atoms with Crippen molar-refractivity contribution < 1.29 is 13.2 Å². The summed E-state index contributed by atoms with van der Waals surface area (Å²) in [6, 6.07) is 13.9. The van der Waals surface area contributed by atoms with Crippen molar-refractivity contribution in [3.05, 3.63) is 75.6 Å². The summed E-state index contributed by atoms with van der Waals surface area (Å²) in [6.45, 7) is 4.25. The van der Waals surface area contributed by atoms with Crippen LogP contribution in [0.5, 0.6) is 0 Å². The maximum absolute atomic E-state index is 13.2. The molecule has 32 heavy (non-hydrogen) atoms. The van der Waals surface area contributed by atoms with E-state index in [4.69, 9.17) is 0 Å². The van der Waals surface area contributed by atoms with E-state index in [1.54, 1.807) is 19.9 Å². The number of aryl methyl sites for hydroxylation is 1. The van der Waals surface area contributed by atoms with Crippen molar-refractivity contribution in [2.24, 2.45) is 0 Å². The van der Waals surface area contributed by atoms with Crippen molar-refractivity contribution in [2.45, 2.75) is 44.0 Å². The summed E-state index contributed by atoms with van der Waals surface area (Å²) in [5.74, 6) is -0.372. The van der Waals surface area contributed by atoms with Gasteiger partial charge in [-0.05, 0) is 48.6 Å². The third-order valence-corrected chi connectivity index (χ3v) is 8.13. The Labute approximate surface area is 187 Å². The largest absolute Gasteiger partial charge is 0.349 e. The highest BCUT2D eigenvalue weighted by molar-refractivity contribution is 7.89. The molecule has 1 unspecified atom stereocenters. The van der Waals surface area contributed by atoms with Crippen LogP contribution in [0.25, 0.3) is 10.9 Å². The van der Waals surface area contributed by atoms with Crippen LogP contribution in [-0.4, -0.2) is 42.7 Å². The van der Waals surface area contributed by atoms with E-state index < -0.39 is 15.6 Å². The predicted octanol–water partition coefficient (Wildman–Crippen LogP) is 2.85. The SMILES string of the molecule is CCN(CC)S(=O)(=O)c1ccc2[nH]c(=O)cc(C(=O)NC3CCc4ccccc4C3)c2c1. The molecule has 7 nitrogen and oxygen atoms in total. The number of nitrogens with one attached hydrogen (secondary N) is 2. The summed E-state index contributed by atoms with van der Waals surface area (Å²) >= 11 is 0. The summed E-state index contributed by atoms with van der Waals surface area (Å²) < 4.78 is 27.3. The molecule has 1 amide bonds. The van der Waals surface area contributed by atoms with Crippen LogP contribution in [0.15, 0.2) is 58.2 Å². The molecule has 0 aliphatic heterocycles. The molecule has 2 aromatic carbocycles. The zero-order valence-corrected chi connectivity index (χ0v) is 19.0. The first kappa shape index (κ1) is 22.2. The Morgan fingerprint density at radius 3 is 2.53 bits per heavy atom. The lowest BCUT2D eigenvalue weighted by atomic mass is 9.88. The molecule has 0 bridgehead atoms. The van der Waals surface area contributed by atoms with Crippen LogP contribution in [-0.2, 0) is 22.9 Å². The van der Waals surface area contributed by atoms with E-state index in [1.807, 2.05) is 12.1 Å². The highest BCUT2D eigenvalue weighted by Crippen LogP contribution is 2.24. The number of fused-ring (bicyclic) bond motifs is 2. The minimum atomic E-state index is -3.70. The van der Waals surface area contributed by atoms with E-state index >= 15 is 0 Å². The van der Waals surface area contributed by atoms with Gasteiger partial charge in [0.1, 0.15) is 0 Å². The first-order valence-corrected chi connectivity index (χ1v) is 12.3. The minimum Gasteiger partial charge on any atom is -0.349 e. The standard InChI is InChI=1S/C24H27N3O4S/c1-3-27(4-2)32(30,31)19-11-12-22-20(14-19)21(15-23(28)26-22)24(29)25-18-10-9-16-7-5-6-8-17(16)13-18/h5-8,11-12,14-15,18H,3-4,9-10,13H2,1-2H3,(H,25,29)(H,26,28). The molecule has 1 heterocycles. The average molecular weight is 454 g/mol. The fraction of sp³-hybridized carbons (Fsp3) is 0.333. The van der Waals surface area contributed by atoms with Gasteiger partial charge in [-0.15, -0.1) is 0 Å². The number of aromatic nitrogens is 1. The second-order valence-corrected chi connectivity index (χ2v) is 9.96. The monoisotopic (exact) mass is 453 g/mol. The second kappa shape index (κ2) is 8.88. The number of nitrogens with zero attached hydrogens (tertiary/aromatic N) is 1. The minimum absolute atomic E-state index is 0.0469. The molecule has 8 heteroatoms. The van der Waals surface area contributed by atoms with Gasteiger partial charge in [-0.1, -0.05) is 38.1 Å².